The van der Waals surface area contributed by atoms with Gasteiger partial charge in [-0.25, -0.2) is 4.79 Å². The minimum absolute atomic E-state index is 0.0488. The van der Waals surface area contributed by atoms with Crippen LogP contribution < -0.4 is 0 Å². The first-order valence-electron chi connectivity index (χ1n) is 15.7. The normalized spacial score (nSPS) is 51.2. The van der Waals surface area contributed by atoms with Crippen molar-refractivity contribution in [3.05, 3.63) is 11.6 Å². The van der Waals surface area contributed by atoms with Gasteiger partial charge >= 0.3 is 11.9 Å². The minimum Gasteiger partial charge on any atom is -0.458 e. The highest BCUT2D eigenvalue weighted by Crippen LogP contribution is 2.70. The Hall–Kier alpha value is -1.52. The van der Waals surface area contributed by atoms with Crippen LogP contribution in [0.25, 0.3) is 0 Å². The van der Waals surface area contributed by atoms with Crippen molar-refractivity contribution < 1.29 is 43.5 Å². The molecule has 0 amide bonds. The molecular formula is C32H48O9. The van der Waals surface area contributed by atoms with Gasteiger partial charge in [0.05, 0.1) is 17.8 Å². The molecule has 0 bridgehead atoms. The van der Waals surface area contributed by atoms with Crippen molar-refractivity contribution in [2.75, 3.05) is 13.7 Å². The van der Waals surface area contributed by atoms with Crippen molar-refractivity contribution >= 4 is 11.9 Å². The standard InChI is InChI=1S/C32H48O9/c1-17-26(35)27(37-5)28(40-18(2)33)29(39-17)41-21-8-11-30(3)20(15-21)6-7-24-23(30)9-12-31(4)22(10-13-32(24,31)36)19-14-25(34)38-16-19/h14,17,20-24,26-29,35-36H,6-13,15-16H2,1-5H3/t17?,20?,21?,22?,23?,24?,26?,27?,28-,29+,30?,31?,32?/m1/s1. The van der Waals surface area contributed by atoms with E-state index in [0.717, 1.165) is 63.4 Å². The molecule has 2 heterocycles. The molecule has 6 aliphatic rings. The maximum atomic E-state index is 12.5. The quantitative estimate of drug-likeness (QED) is 0.373. The fourth-order valence-corrected chi connectivity index (χ4v) is 10.4. The number of aliphatic hydroxyl groups is 2. The Labute approximate surface area is 243 Å². The Morgan fingerprint density at radius 1 is 1.05 bits per heavy atom. The molecule has 0 aromatic rings. The van der Waals surface area contributed by atoms with Crippen molar-refractivity contribution in [2.24, 2.45) is 34.5 Å². The number of rotatable bonds is 5. The second-order valence-corrected chi connectivity index (χ2v) is 14.3. The van der Waals surface area contributed by atoms with Gasteiger partial charge in [0.2, 0.25) is 0 Å². The van der Waals surface area contributed by atoms with E-state index in [2.05, 4.69) is 13.8 Å². The third-order valence-corrected chi connectivity index (χ3v) is 12.6. The molecule has 11 unspecified atom stereocenters. The number of carbonyl (C=O) groups excluding carboxylic acids is 2. The van der Waals surface area contributed by atoms with Crippen LogP contribution in [-0.2, 0) is 33.3 Å². The van der Waals surface area contributed by atoms with E-state index in [1.165, 1.54) is 14.0 Å². The van der Waals surface area contributed by atoms with E-state index in [0.29, 0.717) is 18.4 Å². The molecule has 1 saturated heterocycles. The highest BCUT2D eigenvalue weighted by Gasteiger charge is 2.67. The number of methoxy groups -OCH3 is 1. The monoisotopic (exact) mass is 576 g/mol. The van der Waals surface area contributed by atoms with Crippen LogP contribution >= 0.6 is 0 Å². The summed E-state index contributed by atoms with van der Waals surface area (Å²) in [5, 5.41) is 23.1. The Balaban J connectivity index is 1.16. The zero-order valence-corrected chi connectivity index (χ0v) is 25.2. The van der Waals surface area contributed by atoms with E-state index in [4.69, 9.17) is 23.7 Å². The number of hydrogen-bond donors (Lipinski definition) is 2. The van der Waals surface area contributed by atoms with E-state index >= 15 is 0 Å². The summed E-state index contributed by atoms with van der Waals surface area (Å²) < 4.78 is 28.9. The lowest BCUT2D eigenvalue weighted by atomic mass is 9.43. The van der Waals surface area contributed by atoms with Gasteiger partial charge in [-0.15, -0.1) is 0 Å². The third-order valence-electron chi connectivity index (χ3n) is 12.6. The van der Waals surface area contributed by atoms with Crippen molar-refractivity contribution in [3.8, 4) is 0 Å². The lowest BCUT2D eigenvalue weighted by Gasteiger charge is -2.64. The van der Waals surface area contributed by atoms with E-state index in [1.807, 2.05) is 0 Å². The van der Waals surface area contributed by atoms with Crippen molar-refractivity contribution in [3.63, 3.8) is 0 Å². The molecule has 13 atom stereocenters. The summed E-state index contributed by atoms with van der Waals surface area (Å²) in [6.07, 6.45) is 6.35. The topological polar surface area (TPSA) is 121 Å². The maximum Gasteiger partial charge on any atom is 0.331 e. The summed E-state index contributed by atoms with van der Waals surface area (Å²) in [6.45, 7) is 8.19. The summed E-state index contributed by atoms with van der Waals surface area (Å²) in [6, 6.07) is 0. The van der Waals surface area contributed by atoms with Crippen LogP contribution in [0.2, 0.25) is 0 Å². The fraction of sp³-hybridized carbons (Fsp3) is 0.875. The van der Waals surface area contributed by atoms with Gasteiger partial charge in [0.15, 0.2) is 12.4 Å². The van der Waals surface area contributed by atoms with Gasteiger partial charge in [-0.1, -0.05) is 13.8 Å². The maximum absolute atomic E-state index is 12.5. The number of cyclic esters (lactones) is 1. The highest BCUT2D eigenvalue weighted by molar-refractivity contribution is 5.85. The van der Waals surface area contributed by atoms with Gasteiger partial charge < -0.3 is 33.9 Å². The highest BCUT2D eigenvalue weighted by atomic mass is 16.7. The molecule has 5 fully saturated rings. The summed E-state index contributed by atoms with van der Waals surface area (Å²) >= 11 is 0. The fourth-order valence-electron chi connectivity index (χ4n) is 10.4. The smallest absolute Gasteiger partial charge is 0.331 e. The molecule has 0 aromatic heterocycles. The van der Waals surface area contributed by atoms with Gasteiger partial charge in [0.25, 0.3) is 0 Å². The SMILES string of the molecule is COC1C(O)C(C)O[C@@H](OC2CCC3(C)C(CCC4C3CCC3(C)C(C5=CC(=O)OC5)CCC43O)C2)[C@@H]1OC(C)=O. The molecule has 9 nitrogen and oxygen atoms in total. The predicted molar refractivity (Wildman–Crippen MR) is 147 cm³/mol. The summed E-state index contributed by atoms with van der Waals surface area (Å²) in [5.74, 6) is 0.650. The van der Waals surface area contributed by atoms with Gasteiger partial charge in [-0.05, 0) is 99.4 Å². The average Bonchev–Trinajstić information content (AvgIpc) is 3.46. The van der Waals surface area contributed by atoms with Crippen LogP contribution in [0, 0.1) is 34.5 Å². The summed E-state index contributed by atoms with van der Waals surface area (Å²) in [7, 11) is 1.50. The van der Waals surface area contributed by atoms with E-state index in [9.17, 15) is 19.8 Å². The van der Waals surface area contributed by atoms with Crippen LogP contribution in [0.3, 0.4) is 0 Å². The molecule has 0 aromatic carbocycles. The molecule has 6 rings (SSSR count). The van der Waals surface area contributed by atoms with Gasteiger partial charge in [0.1, 0.15) is 18.8 Å². The molecule has 230 valence electrons. The molecule has 2 aliphatic heterocycles. The molecule has 0 radical (unpaired) electrons. The predicted octanol–water partition coefficient (Wildman–Crippen LogP) is 3.68. The average molecular weight is 577 g/mol. The zero-order chi connectivity index (χ0) is 29.3. The summed E-state index contributed by atoms with van der Waals surface area (Å²) in [4.78, 5) is 23.7. The second-order valence-electron chi connectivity index (χ2n) is 14.3. The lowest BCUT2D eigenvalue weighted by Crippen LogP contribution is -2.63. The molecule has 4 saturated carbocycles. The minimum atomic E-state index is -0.926. The number of carbonyl (C=O) groups is 2. The van der Waals surface area contributed by atoms with E-state index < -0.39 is 42.3 Å². The zero-order valence-electron chi connectivity index (χ0n) is 25.2. The number of hydrogen-bond acceptors (Lipinski definition) is 9. The van der Waals surface area contributed by atoms with E-state index in [1.54, 1.807) is 13.0 Å². The Bertz CT molecular complexity index is 1080. The Morgan fingerprint density at radius 2 is 1.83 bits per heavy atom. The molecule has 9 heteroatoms. The Kier molecular flexibility index (Phi) is 7.62. The van der Waals surface area contributed by atoms with Gasteiger partial charge in [-0.2, -0.15) is 0 Å². The van der Waals surface area contributed by atoms with Crippen LogP contribution in [0.15, 0.2) is 11.6 Å². The third kappa shape index (κ3) is 4.60. The van der Waals surface area contributed by atoms with Crippen molar-refractivity contribution in [1.82, 2.24) is 0 Å². The van der Waals surface area contributed by atoms with Gasteiger partial charge in [0, 0.05) is 25.5 Å². The number of ether oxygens (including phenoxy) is 5. The molecule has 0 spiro atoms. The van der Waals surface area contributed by atoms with Crippen LogP contribution in [0.1, 0.15) is 85.5 Å². The van der Waals surface area contributed by atoms with Crippen LogP contribution in [-0.4, -0.2) is 78.3 Å². The number of esters is 2. The lowest BCUT2D eigenvalue weighted by molar-refractivity contribution is -0.315. The van der Waals surface area contributed by atoms with Crippen molar-refractivity contribution in [1.29, 1.82) is 0 Å². The summed E-state index contributed by atoms with van der Waals surface area (Å²) in [5.41, 5.74) is 0.221. The number of fused-ring (bicyclic) bond motifs is 5. The van der Waals surface area contributed by atoms with E-state index in [-0.39, 0.29) is 34.7 Å². The first kappa shape index (κ1) is 29.5. The largest absolute Gasteiger partial charge is 0.458 e. The molecule has 41 heavy (non-hydrogen) atoms. The van der Waals surface area contributed by atoms with Crippen LogP contribution in [0.4, 0.5) is 0 Å². The molecule has 2 N–H and O–H groups in total. The first-order valence-corrected chi connectivity index (χ1v) is 15.7. The molecule has 4 aliphatic carbocycles. The molecular weight excluding hydrogens is 528 g/mol. The number of aliphatic hydroxyl groups excluding tert-OH is 1. The van der Waals surface area contributed by atoms with Crippen LogP contribution in [0.5, 0.6) is 0 Å². The first-order chi connectivity index (χ1) is 19.4. The second kappa shape index (κ2) is 10.6. The van der Waals surface area contributed by atoms with Gasteiger partial charge in [-0.3, -0.25) is 4.79 Å². The Morgan fingerprint density at radius 3 is 2.51 bits per heavy atom. The van der Waals surface area contributed by atoms with Crippen molar-refractivity contribution in [2.45, 2.75) is 128 Å².